The van der Waals surface area contributed by atoms with Gasteiger partial charge in [-0.25, -0.2) is 9.50 Å². The van der Waals surface area contributed by atoms with Crippen LogP contribution in [-0.4, -0.2) is 34.2 Å². The predicted molar refractivity (Wildman–Crippen MR) is 61.8 cm³/mol. The molecule has 0 fully saturated rings. The molecule has 2 heterocycles. The fourth-order valence-corrected chi connectivity index (χ4v) is 1.68. The maximum Gasteiger partial charge on any atom is 0.250 e. The number of hydrogen-bond acceptors (Lipinski definition) is 4. The number of ether oxygens (including phenoxy) is 1. The van der Waals surface area contributed by atoms with Crippen molar-refractivity contribution in [3.63, 3.8) is 0 Å². The average Bonchev–Trinajstić information content (AvgIpc) is 2.64. The minimum atomic E-state index is -0.452. The Labute approximate surface area is 98.4 Å². The molecule has 0 aliphatic rings. The summed E-state index contributed by atoms with van der Waals surface area (Å²) in [6.07, 6.45) is 3.96. The number of nitrogens with zero attached hydrogens (tertiary/aromatic N) is 3. The van der Waals surface area contributed by atoms with Crippen molar-refractivity contribution in [1.82, 2.24) is 14.6 Å². The Balaban J connectivity index is 2.44. The molecule has 17 heavy (non-hydrogen) atoms. The van der Waals surface area contributed by atoms with Gasteiger partial charge in [-0.1, -0.05) is 0 Å². The van der Waals surface area contributed by atoms with E-state index in [4.69, 9.17) is 10.5 Å². The molecule has 0 spiro atoms. The van der Waals surface area contributed by atoms with Crippen LogP contribution >= 0.6 is 0 Å². The van der Waals surface area contributed by atoms with E-state index in [9.17, 15) is 4.79 Å². The highest BCUT2D eigenvalue weighted by atomic mass is 16.5. The molecule has 6 heteroatoms. The van der Waals surface area contributed by atoms with Crippen LogP contribution in [0.3, 0.4) is 0 Å². The maximum absolute atomic E-state index is 11.2. The number of carbonyl (C=O) groups excluding carboxylic acids is 1. The first-order chi connectivity index (χ1) is 8.13. The number of rotatable bonds is 4. The van der Waals surface area contributed by atoms with Crippen molar-refractivity contribution in [2.24, 2.45) is 5.73 Å². The van der Waals surface area contributed by atoms with Crippen molar-refractivity contribution in [2.75, 3.05) is 13.7 Å². The normalized spacial score (nSPS) is 10.9. The summed E-state index contributed by atoms with van der Waals surface area (Å²) >= 11 is 0. The molecule has 2 rings (SSSR count). The zero-order valence-electron chi connectivity index (χ0n) is 9.80. The van der Waals surface area contributed by atoms with Gasteiger partial charge in [0.1, 0.15) is 0 Å². The molecule has 2 N–H and O–H groups in total. The molecule has 0 bridgehead atoms. The fourth-order valence-electron chi connectivity index (χ4n) is 1.68. The van der Waals surface area contributed by atoms with Gasteiger partial charge in [-0.2, -0.15) is 5.10 Å². The average molecular weight is 234 g/mol. The predicted octanol–water partition coefficient (Wildman–Crippen LogP) is 0.326. The number of carbonyl (C=O) groups is 1. The van der Waals surface area contributed by atoms with Gasteiger partial charge < -0.3 is 10.5 Å². The minimum absolute atomic E-state index is 0.452. The van der Waals surface area contributed by atoms with Crippen LogP contribution in [0.4, 0.5) is 0 Å². The summed E-state index contributed by atoms with van der Waals surface area (Å²) in [5.41, 5.74) is 7.34. The van der Waals surface area contributed by atoms with E-state index in [1.807, 2.05) is 6.92 Å². The van der Waals surface area contributed by atoms with E-state index >= 15 is 0 Å². The number of aromatic nitrogens is 3. The van der Waals surface area contributed by atoms with Gasteiger partial charge in [0.05, 0.1) is 23.9 Å². The first-order valence-corrected chi connectivity index (χ1v) is 5.26. The van der Waals surface area contributed by atoms with Crippen LogP contribution in [0.25, 0.3) is 5.52 Å². The van der Waals surface area contributed by atoms with Crippen LogP contribution in [0.15, 0.2) is 12.4 Å². The molecule has 90 valence electrons. The Morgan fingerprint density at radius 1 is 1.59 bits per heavy atom. The second-order valence-electron chi connectivity index (χ2n) is 3.78. The van der Waals surface area contributed by atoms with Crippen molar-refractivity contribution in [2.45, 2.75) is 13.3 Å². The van der Waals surface area contributed by atoms with E-state index in [2.05, 4.69) is 10.1 Å². The van der Waals surface area contributed by atoms with Crippen LogP contribution in [0, 0.1) is 6.92 Å². The number of amides is 1. The lowest BCUT2D eigenvalue weighted by Crippen LogP contribution is -2.10. The Hall–Kier alpha value is -1.95. The van der Waals surface area contributed by atoms with E-state index in [0.29, 0.717) is 24.4 Å². The Bertz CT molecular complexity index is 562. The molecule has 2 aromatic rings. The molecule has 0 saturated carbocycles. The highest BCUT2D eigenvalue weighted by molar-refractivity contribution is 5.96. The van der Waals surface area contributed by atoms with Gasteiger partial charge in [0.15, 0.2) is 5.82 Å². The van der Waals surface area contributed by atoms with Crippen molar-refractivity contribution < 1.29 is 9.53 Å². The van der Waals surface area contributed by atoms with Crippen molar-refractivity contribution >= 4 is 11.4 Å². The van der Waals surface area contributed by atoms with Gasteiger partial charge in [0.25, 0.3) is 5.91 Å². The number of aryl methyl sites for hydroxylation is 1. The van der Waals surface area contributed by atoms with Crippen molar-refractivity contribution in [3.8, 4) is 0 Å². The van der Waals surface area contributed by atoms with Gasteiger partial charge in [-0.05, 0) is 12.5 Å². The Morgan fingerprint density at radius 2 is 2.35 bits per heavy atom. The summed E-state index contributed by atoms with van der Waals surface area (Å²) in [6.45, 7) is 2.39. The molecule has 0 aliphatic heterocycles. The van der Waals surface area contributed by atoms with Gasteiger partial charge in [0, 0.05) is 19.7 Å². The highest BCUT2D eigenvalue weighted by Crippen LogP contribution is 2.15. The molecule has 0 aromatic carbocycles. The fraction of sp³-hybridized carbons (Fsp3) is 0.364. The van der Waals surface area contributed by atoms with Crippen LogP contribution < -0.4 is 5.73 Å². The lowest BCUT2D eigenvalue weighted by molar-refractivity contribution is 0.1000. The highest BCUT2D eigenvalue weighted by Gasteiger charge is 2.12. The number of hydrogen-bond donors (Lipinski definition) is 1. The molecular formula is C11H14N4O2. The summed E-state index contributed by atoms with van der Waals surface area (Å²) in [7, 11) is 1.63. The zero-order valence-corrected chi connectivity index (χ0v) is 9.80. The molecule has 1 amide bonds. The summed E-state index contributed by atoms with van der Waals surface area (Å²) < 4.78 is 6.59. The summed E-state index contributed by atoms with van der Waals surface area (Å²) in [4.78, 5) is 15.4. The first-order valence-electron chi connectivity index (χ1n) is 5.26. The van der Waals surface area contributed by atoms with E-state index in [0.717, 1.165) is 11.1 Å². The number of methoxy groups -OCH3 is 1. The standard InChI is InChI=1S/C11H14N4O2/c1-7-8(11(12)16)6-15-9(7)5-13-10(14-15)3-4-17-2/h5-6H,3-4H2,1-2H3,(H2,12,16). The third kappa shape index (κ3) is 2.12. The first kappa shape index (κ1) is 11.5. The number of primary amides is 1. The Morgan fingerprint density at radius 3 is 3.00 bits per heavy atom. The molecule has 2 aromatic heterocycles. The Kier molecular flexibility index (Phi) is 3.06. The van der Waals surface area contributed by atoms with Gasteiger partial charge >= 0.3 is 0 Å². The number of fused-ring (bicyclic) bond motifs is 1. The summed E-state index contributed by atoms with van der Waals surface area (Å²) in [5.74, 6) is 0.219. The second-order valence-corrected chi connectivity index (χ2v) is 3.78. The largest absolute Gasteiger partial charge is 0.384 e. The second kappa shape index (κ2) is 4.50. The van der Waals surface area contributed by atoms with Crippen molar-refractivity contribution in [3.05, 3.63) is 29.3 Å². The van der Waals surface area contributed by atoms with E-state index in [1.54, 1.807) is 24.0 Å². The number of nitrogens with two attached hydrogens (primary N) is 1. The molecule has 0 atom stereocenters. The van der Waals surface area contributed by atoms with E-state index < -0.39 is 5.91 Å². The monoisotopic (exact) mass is 234 g/mol. The summed E-state index contributed by atoms with van der Waals surface area (Å²) in [5, 5.41) is 4.29. The quantitative estimate of drug-likeness (QED) is 0.826. The third-order valence-corrected chi connectivity index (χ3v) is 2.64. The van der Waals surface area contributed by atoms with Gasteiger partial charge in [-0.15, -0.1) is 0 Å². The van der Waals surface area contributed by atoms with E-state index in [-0.39, 0.29) is 0 Å². The molecule has 0 aliphatic carbocycles. The minimum Gasteiger partial charge on any atom is -0.384 e. The molecule has 6 nitrogen and oxygen atoms in total. The lowest BCUT2D eigenvalue weighted by atomic mass is 10.2. The van der Waals surface area contributed by atoms with Crippen LogP contribution in [-0.2, 0) is 11.2 Å². The molecule has 0 radical (unpaired) electrons. The van der Waals surface area contributed by atoms with Crippen molar-refractivity contribution in [1.29, 1.82) is 0 Å². The smallest absolute Gasteiger partial charge is 0.250 e. The van der Waals surface area contributed by atoms with Gasteiger partial charge in [0.2, 0.25) is 0 Å². The van der Waals surface area contributed by atoms with Gasteiger partial charge in [-0.3, -0.25) is 4.79 Å². The van der Waals surface area contributed by atoms with E-state index in [1.165, 1.54) is 0 Å². The zero-order chi connectivity index (χ0) is 12.4. The lowest BCUT2D eigenvalue weighted by Gasteiger charge is -2.00. The SMILES string of the molecule is COCCc1ncc2c(C)c(C(N)=O)cn2n1. The third-order valence-electron chi connectivity index (χ3n) is 2.64. The molecule has 0 unspecified atom stereocenters. The van der Waals surface area contributed by atoms with Crippen LogP contribution in [0.2, 0.25) is 0 Å². The maximum atomic E-state index is 11.2. The van der Waals surface area contributed by atoms with Crippen LogP contribution in [0.1, 0.15) is 21.7 Å². The summed E-state index contributed by atoms with van der Waals surface area (Å²) in [6, 6.07) is 0. The van der Waals surface area contributed by atoms with Crippen LogP contribution in [0.5, 0.6) is 0 Å². The molecular weight excluding hydrogens is 220 g/mol. The molecule has 0 saturated heterocycles. The topological polar surface area (TPSA) is 82.5 Å².